The molecule has 8 heteroatoms. The van der Waals surface area contributed by atoms with Crippen LogP contribution in [0.1, 0.15) is 16.8 Å². The lowest BCUT2D eigenvalue weighted by Crippen LogP contribution is -2.45. The Hall–Kier alpha value is -2.00. The molecule has 142 valence electrons. The van der Waals surface area contributed by atoms with Crippen molar-refractivity contribution in [3.63, 3.8) is 0 Å². The van der Waals surface area contributed by atoms with Crippen molar-refractivity contribution in [1.29, 1.82) is 0 Å². The van der Waals surface area contributed by atoms with E-state index < -0.39 is 12.1 Å². The van der Waals surface area contributed by atoms with Crippen LogP contribution < -0.4 is 5.32 Å². The van der Waals surface area contributed by atoms with Crippen molar-refractivity contribution in [1.82, 2.24) is 9.80 Å². The molecule has 2 atom stereocenters. The van der Waals surface area contributed by atoms with E-state index in [0.717, 1.165) is 32.6 Å². The Morgan fingerprint density at radius 2 is 2.04 bits per heavy atom. The second-order valence-electron chi connectivity index (χ2n) is 6.77. The summed E-state index contributed by atoms with van der Waals surface area (Å²) in [4.78, 5) is 27.6. The fourth-order valence-corrected chi connectivity index (χ4v) is 3.49. The summed E-state index contributed by atoms with van der Waals surface area (Å²) in [5, 5.41) is 21.8. The van der Waals surface area contributed by atoms with Crippen LogP contribution in [0.5, 0.6) is 0 Å². The number of carbonyl (C=O) groups is 2. The van der Waals surface area contributed by atoms with Gasteiger partial charge in [0.2, 0.25) is 5.91 Å². The van der Waals surface area contributed by atoms with Crippen molar-refractivity contribution < 1.29 is 24.5 Å². The number of aliphatic hydroxyl groups excluding tert-OH is 1. The number of rotatable bonds is 5. The van der Waals surface area contributed by atoms with Gasteiger partial charge in [-0.15, -0.1) is 0 Å². The monoisotopic (exact) mass is 363 g/mol. The molecule has 2 heterocycles. The molecule has 0 saturated carbocycles. The van der Waals surface area contributed by atoms with E-state index in [0.29, 0.717) is 18.9 Å². The van der Waals surface area contributed by atoms with Gasteiger partial charge in [-0.2, -0.15) is 0 Å². The van der Waals surface area contributed by atoms with Crippen LogP contribution in [-0.4, -0.2) is 90.0 Å². The highest BCUT2D eigenvalue weighted by molar-refractivity contribution is 5.94. The molecule has 1 aromatic carbocycles. The highest BCUT2D eigenvalue weighted by Gasteiger charge is 2.32. The van der Waals surface area contributed by atoms with Crippen LogP contribution in [0.3, 0.4) is 0 Å². The van der Waals surface area contributed by atoms with E-state index in [4.69, 9.17) is 9.84 Å². The first-order chi connectivity index (χ1) is 12.5. The Morgan fingerprint density at radius 3 is 2.77 bits per heavy atom. The van der Waals surface area contributed by atoms with Gasteiger partial charge in [-0.3, -0.25) is 14.6 Å². The topological polar surface area (TPSA) is 102 Å². The molecule has 2 aliphatic heterocycles. The second-order valence-corrected chi connectivity index (χ2v) is 6.77. The lowest BCUT2D eigenvalue weighted by atomic mass is 10.2. The summed E-state index contributed by atoms with van der Waals surface area (Å²) in [6.07, 6.45) is 0.483. The number of carboxylic acids is 1. The summed E-state index contributed by atoms with van der Waals surface area (Å²) in [7, 11) is 0. The Bertz CT molecular complexity index is 653. The Morgan fingerprint density at radius 1 is 1.19 bits per heavy atom. The van der Waals surface area contributed by atoms with Gasteiger partial charge in [-0.1, -0.05) is 6.07 Å². The number of hydrogen-bond donors (Lipinski definition) is 3. The van der Waals surface area contributed by atoms with Crippen LogP contribution in [0.15, 0.2) is 24.3 Å². The van der Waals surface area contributed by atoms with E-state index >= 15 is 0 Å². The van der Waals surface area contributed by atoms with Crippen LogP contribution >= 0.6 is 0 Å². The smallest absolute Gasteiger partial charge is 0.335 e. The lowest BCUT2D eigenvalue weighted by Gasteiger charge is -2.28. The van der Waals surface area contributed by atoms with E-state index in [-0.39, 0.29) is 24.1 Å². The number of aliphatic hydroxyl groups is 1. The van der Waals surface area contributed by atoms with Crippen molar-refractivity contribution in [3.05, 3.63) is 29.8 Å². The van der Waals surface area contributed by atoms with Gasteiger partial charge in [-0.05, 0) is 37.7 Å². The molecular weight excluding hydrogens is 338 g/mol. The predicted octanol–water partition coefficient (Wildman–Crippen LogP) is 0.0907. The quantitative estimate of drug-likeness (QED) is 0.681. The minimum absolute atomic E-state index is 0.0440. The van der Waals surface area contributed by atoms with Crippen LogP contribution in [0.25, 0.3) is 0 Å². The SMILES string of the molecule is O=C(CN1CCCN([C@H]2COC[C@@H]2O)CC1)Nc1cccc(C(=O)O)c1. The standard InChI is InChI=1S/C18H25N3O5/c22-16-12-26-11-15(16)21-6-2-5-20(7-8-21)10-17(23)19-14-4-1-3-13(9-14)18(24)25/h1,3-4,9,15-16,22H,2,5-8,10-12H2,(H,19,23)(H,24,25)/t15-,16-/m0/s1. The fourth-order valence-electron chi connectivity index (χ4n) is 3.49. The van der Waals surface area contributed by atoms with Crippen molar-refractivity contribution in [3.8, 4) is 0 Å². The molecule has 0 unspecified atom stereocenters. The molecule has 1 aromatic rings. The summed E-state index contributed by atoms with van der Waals surface area (Å²) >= 11 is 0. The van der Waals surface area contributed by atoms with Crippen molar-refractivity contribution >= 4 is 17.6 Å². The number of nitrogens with one attached hydrogen (secondary N) is 1. The second kappa shape index (κ2) is 8.59. The molecule has 1 amide bonds. The van der Waals surface area contributed by atoms with Gasteiger partial charge in [0.05, 0.1) is 37.5 Å². The summed E-state index contributed by atoms with van der Waals surface area (Å²) in [5.74, 6) is -1.18. The van der Waals surface area contributed by atoms with Crippen LogP contribution in [0, 0.1) is 0 Å². The summed E-state index contributed by atoms with van der Waals surface area (Å²) < 4.78 is 5.34. The molecule has 3 rings (SSSR count). The van der Waals surface area contributed by atoms with Gasteiger partial charge in [0, 0.05) is 18.8 Å². The average Bonchev–Trinajstić information content (AvgIpc) is 2.90. The average molecular weight is 363 g/mol. The molecule has 0 bridgehead atoms. The maximum atomic E-state index is 12.3. The van der Waals surface area contributed by atoms with Gasteiger partial charge in [0.15, 0.2) is 0 Å². The third-order valence-corrected chi connectivity index (χ3v) is 4.87. The molecule has 2 saturated heterocycles. The first kappa shape index (κ1) is 18.8. The van der Waals surface area contributed by atoms with Gasteiger partial charge < -0.3 is 20.3 Å². The Balaban J connectivity index is 1.50. The van der Waals surface area contributed by atoms with E-state index in [1.54, 1.807) is 12.1 Å². The first-order valence-corrected chi connectivity index (χ1v) is 8.88. The number of benzene rings is 1. The minimum Gasteiger partial charge on any atom is -0.478 e. The zero-order valence-electron chi connectivity index (χ0n) is 14.6. The summed E-state index contributed by atoms with van der Waals surface area (Å²) in [5.41, 5.74) is 0.628. The van der Waals surface area contributed by atoms with Gasteiger partial charge in [0.1, 0.15) is 0 Å². The number of aromatic carboxylic acids is 1. The zero-order chi connectivity index (χ0) is 18.5. The van der Waals surface area contributed by atoms with Crippen molar-refractivity contribution in [2.45, 2.75) is 18.6 Å². The van der Waals surface area contributed by atoms with E-state index in [1.165, 1.54) is 12.1 Å². The normalized spacial score (nSPS) is 25.0. The molecule has 0 aromatic heterocycles. The number of nitrogens with zero attached hydrogens (tertiary/aromatic N) is 2. The van der Waals surface area contributed by atoms with Gasteiger partial charge in [0.25, 0.3) is 0 Å². The number of hydrogen-bond acceptors (Lipinski definition) is 6. The van der Waals surface area contributed by atoms with E-state index in [9.17, 15) is 14.7 Å². The first-order valence-electron chi connectivity index (χ1n) is 8.88. The third-order valence-electron chi connectivity index (χ3n) is 4.87. The molecule has 0 radical (unpaired) electrons. The molecule has 2 aliphatic rings. The zero-order valence-corrected chi connectivity index (χ0v) is 14.6. The molecule has 3 N–H and O–H groups in total. The number of ether oxygens (including phenoxy) is 1. The highest BCUT2D eigenvalue weighted by Crippen LogP contribution is 2.16. The van der Waals surface area contributed by atoms with Crippen molar-refractivity contribution in [2.24, 2.45) is 0 Å². The maximum Gasteiger partial charge on any atom is 0.335 e. The number of anilines is 1. The maximum absolute atomic E-state index is 12.3. The molecule has 8 nitrogen and oxygen atoms in total. The molecule has 2 fully saturated rings. The van der Waals surface area contributed by atoms with Crippen LogP contribution in [0.4, 0.5) is 5.69 Å². The van der Waals surface area contributed by atoms with Crippen molar-refractivity contribution in [2.75, 3.05) is 51.3 Å². The van der Waals surface area contributed by atoms with Gasteiger partial charge in [-0.25, -0.2) is 4.79 Å². The Labute approximate surface area is 152 Å². The number of carboxylic acid groups (broad SMARTS) is 1. The van der Waals surface area contributed by atoms with E-state index in [2.05, 4.69) is 15.1 Å². The summed E-state index contributed by atoms with van der Waals surface area (Å²) in [6, 6.07) is 6.27. The lowest BCUT2D eigenvalue weighted by molar-refractivity contribution is -0.117. The van der Waals surface area contributed by atoms with Crippen LogP contribution in [0.2, 0.25) is 0 Å². The molecule has 26 heavy (non-hydrogen) atoms. The number of carbonyl (C=O) groups excluding carboxylic acids is 1. The van der Waals surface area contributed by atoms with Crippen LogP contribution in [-0.2, 0) is 9.53 Å². The number of amides is 1. The predicted molar refractivity (Wildman–Crippen MR) is 95.3 cm³/mol. The molecule has 0 spiro atoms. The Kier molecular flexibility index (Phi) is 6.20. The summed E-state index contributed by atoms with van der Waals surface area (Å²) in [6.45, 7) is 4.42. The molecule has 0 aliphatic carbocycles. The fraction of sp³-hybridized carbons (Fsp3) is 0.556. The highest BCUT2D eigenvalue weighted by atomic mass is 16.5. The van der Waals surface area contributed by atoms with E-state index in [1.807, 2.05) is 0 Å². The largest absolute Gasteiger partial charge is 0.478 e. The molecular formula is C18H25N3O5. The van der Waals surface area contributed by atoms with Gasteiger partial charge >= 0.3 is 5.97 Å². The minimum atomic E-state index is -1.02. The third kappa shape index (κ3) is 4.79.